The molecule has 1 aliphatic rings. The molecule has 7 nitrogen and oxygen atoms in total. The number of benzene rings is 2. The summed E-state index contributed by atoms with van der Waals surface area (Å²) in [4.78, 5) is 28.3. The first-order valence-electron chi connectivity index (χ1n) is 11.3. The topological polar surface area (TPSA) is 72.2 Å². The van der Waals surface area contributed by atoms with E-state index in [1.165, 1.54) is 18.3 Å². The van der Waals surface area contributed by atoms with Crippen LogP contribution in [0.25, 0.3) is 11.5 Å². The van der Waals surface area contributed by atoms with Crippen molar-refractivity contribution in [3.8, 4) is 11.5 Å². The van der Waals surface area contributed by atoms with Gasteiger partial charge in [-0.2, -0.15) is 5.10 Å². The van der Waals surface area contributed by atoms with E-state index in [-0.39, 0.29) is 23.5 Å². The second-order valence-electron chi connectivity index (χ2n) is 8.42. The normalized spacial score (nSPS) is 15.7. The second kappa shape index (κ2) is 9.76. The Balaban J connectivity index is 1.40. The first kappa shape index (κ1) is 22.9. The Morgan fingerprint density at radius 1 is 1.03 bits per heavy atom. The Morgan fingerprint density at radius 2 is 1.77 bits per heavy atom. The van der Waals surface area contributed by atoms with Crippen LogP contribution in [0.1, 0.15) is 23.2 Å². The lowest BCUT2D eigenvalue weighted by Gasteiger charge is -2.32. The van der Waals surface area contributed by atoms with E-state index in [9.17, 15) is 14.0 Å². The van der Waals surface area contributed by atoms with Gasteiger partial charge in [0.2, 0.25) is 5.91 Å². The van der Waals surface area contributed by atoms with Gasteiger partial charge in [-0.15, -0.1) is 0 Å². The maximum atomic E-state index is 13.6. The Hall–Kier alpha value is -3.91. The minimum absolute atomic E-state index is 0.164. The molecule has 178 valence electrons. The van der Waals surface area contributed by atoms with Crippen LogP contribution in [0, 0.1) is 11.7 Å². The van der Waals surface area contributed by atoms with Crippen molar-refractivity contribution in [2.75, 3.05) is 18.4 Å². The fraction of sp³-hybridized carbons (Fsp3) is 0.192. The standard InChI is InChI=1S/C26H23ClFN5O2/c27-22-7-1-2-8-23(22)30-24(34)18-6-5-15-32(17-18)26(35)21-16-29-33(20-11-9-19(28)10-12-20)25(21)31-13-3-4-14-31/h1-4,7-14,16,18H,5-6,15,17H2,(H,30,34). The quantitative estimate of drug-likeness (QED) is 0.429. The molecule has 1 unspecified atom stereocenters. The van der Waals surface area contributed by atoms with Crippen LogP contribution in [0.5, 0.6) is 0 Å². The lowest BCUT2D eigenvalue weighted by Crippen LogP contribution is -2.44. The molecule has 1 N–H and O–H groups in total. The van der Waals surface area contributed by atoms with Gasteiger partial charge in [0.05, 0.1) is 28.5 Å². The fourth-order valence-corrected chi connectivity index (χ4v) is 4.51. The fourth-order valence-electron chi connectivity index (χ4n) is 4.33. The van der Waals surface area contributed by atoms with E-state index in [4.69, 9.17) is 11.6 Å². The zero-order chi connectivity index (χ0) is 24.4. The third kappa shape index (κ3) is 4.70. The molecule has 0 spiro atoms. The minimum Gasteiger partial charge on any atom is -0.338 e. The van der Waals surface area contributed by atoms with E-state index in [0.717, 1.165) is 0 Å². The Labute approximate surface area is 206 Å². The van der Waals surface area contributed by atoms with Crippen LogP contribution in [-0.2, 0) is 4.79 Å². The summed E-state index contributed by atoms with van der Waals surface area (Å²) in [7, 11) is 0. The predicted octanol–water partition coefficient (Wildman–Crippen LogP) is 4.95. The number of piperidine rings is 1. The van der Waals surface area contributed by atoms with Crippen LogP contribution in [-0.4, -0.2) is 44.2 Å². The van der Waals surface area contributed by atoms with Gasteiger partial charge in [0.1, 0.15) is 11.4 Å². The van der Waals surface area contributed by atoms with Crippen LogP contribution in [0.4, 0.5) is 10.1 Å². The van der Waals surface area contributed by atoms with Crippen LogP contribution < -0.4 is 5.32 Å². The molecule has 1 aliphatic heterocycles. The molecule has 2 amide bonds. The number of aromatic nitrogens is 3. The molecule has 4 aromatic rings. The predicted molar refractivity (Wildman–Crippen MR) is 132 cm³/mol. The number of rotatable bonds is 5. The lowest BCUT2D eigenvalue weighted by atomic mass is 9.96. The third-order valence-corrected chi connectivity index (χ3v) is 6.44. The number of halogens is 2. The first-order valence-corrected chi connectivity index (χ1v) is 11.7. The molecule has 3 heterocycles. The van der Waals surface area contributed by atoms with E-state index in [0.29, 0.717) is 53.7 Å². The number of para-hydroxylation sites is 1. The molecular weight excluding hydrogens is 469 g/mol. The molecule has 0 aliphatic carbocycles. The zero-order valence-electron chi connectivity index (χ0n) is 18.8. The van der Waals surface area contributed by atoms with E-state index in [1.807, 2.05) is 24.5 Å². The summed E-state index contributed by atoms with van der Waals surface area (Å²) in [6.45, 7) is 0.837. The average molecular weight is 492 g/mol. The van der Waals surface area contributed by atoms with E-state index in [2.05, 4.69) is 10.4 Å². The number of hydrogen-bond acceptors (Lipinski definition) is 3. The van der Waals surface area contributed by atoms with Gasteiger partial charge in [-0.3, -0.25) is 9.59 Å². The number of amides is 2. The highest BCUT2D eigenvalue weighted by molar-refractivity contribution is 6.33. The van der Waals surface area contributed by atoms with Crippen LogP contribution in [0.15, 0.2) is 79.3 Å². The van der Waals surface area contributed by atoms with Crippen molar-refractivity contribution in [3.63, 3.8) is 0 Å². The molecule has 1 saturated heterocycles. The average Bonchev–Trinajstić information content (AvgIpc) is 3.55. The van der Waals surface area contributed by atoms with Gasteiger partial charge in [-0.05, 0) is 61.4 Å². The van der Waals surface area contributed by atoms with Crippen molar-refractivity contribution < 1.29 is 14.0 Å². The van der Waals surface area contributed by atoms with E-state index >= 15 is 0 Å². The highest BCUT2D eigenvalue weighted by atomic mass is 35.5. The number of nitrogens with one attached hydrogen (secondary N) is 1. The van der Waals surface area contributed by atoms with Crippen LogP contribution in [0.2, 0.25) is 5.02 Å². The maximum absolute atomic E-state index is 13.6. The van der Waals surface area contributed by atoms with Crippen LogP contribution in [0.3, 0.4) is 0 Å². The van der Waals surface area contributed by atoms with Crippen molar-refractivity contribution in [3.05, 3.63) is 95.7 Å². The van der Waals surface area contributed by atoms with Gasteiger partial charge in [-0.25, -0.2) is 9.07 Å². The minimum atomic E-state index is -0.355. The summed E-state index contributed by atoms with van der Waals surface area (Å²) in [5.41, 5.74) is 1.58. The van der Waals surface area contributed by atoms with E-state index < -0.39 is 0 Å². The number of carbonyl (C=O) groups excluding carboxylic acids is 2. The van der Waals surface area contributed by atoms with Crippen molar-refractivity contribution in [2.24, 2.45) is 5.92 Å². The Kier molecular flexibility index (Phi) is 6.37. The number of anilines is 1. The highest BCUT2D eigenvalue weighted by Crippen LogP contribution is 2.26. The van der Waals surface area contributed by atoms with Crippen LogP contribution >= 0.6 is 11.6 Å². The van der Waals surface area contributed by atoms with Crippen molar-refractivity contribution in [1.82, 2.24) is 19.2 Å². The summed E-state index contributed by atoms with van der Waals surface area (Å²) in [6.07, 6.45) is 6.55. The van der Waals surface area contributed by atoms with Gasteiger partial charge in [0.25, 0.3) is 5.91 Å². The maximum Gasteiger partial charge on any atom is 0.259 e. The Bertz CT molecular complexity index is 1350. The summed E-state index contributed by atoms with van der Waals surface area (Å²) in [5, 5.41) is 7.79. The summed E-state index contributed by atoms with van der Waals surface area (Å²) >= 11 is 6.18. The first-order chi connectivity index (χ1) is 17.0. The monoisotopic (exact) mass is 491 g/mol. The molecule has 2 aromatic carbocycles. The van der Waals surface area contributed by atoms with Gasteiger partial charge in [0.15, 0.2) is 5.82 Å². The van der Waals surface area contributed by atoms with Gasteiger partial charge in [0, 0.05) is 25.5 Å². The summed E-state index contributed by atoms with van der Waals surface area (Å²) in [5.74, 6) is -0.532. The molecule has 0 saturated carbocycles. The summed E-state index contributed by atoms with van der Waals surface area (Å²) < 4.78 is 16.9. The molecule has 1 fully saturated rings. The number of likely N-dealkylation sites (tertiary alicyclic amines) is 1. The molecule has 0 bridgehead atoms. The zero-order valence-corrected chi connectivity index (χ0v) is 19.5. The third-order valence-electron chi connectivity index (χ3n) is 6.11. The SMILES string of the molecule is O=C(Nc1ccccc1Cl)C1CCCN(C(=O)c2cnn(-c3ccc(F)cc3)c2-n2cccc2)C1. The van der Waals surface area contributed by atoms with Gasteiger partial charge >= 0.3 is 0 Å². The summed E-state index contributed by atoms with van der Waals surface area (Å²) in [6, 6.07) is 16.7. The number of hydrogen-bond donors (Lipinski definition) is 1. The lowest BCUT2D eigenvalue weighted by molar-refractivity contribution is -0.121. The molecule has 9 heteroatoms. The molecular formula is C26H23ClFN5O2. The van der Waals surface area contributed by atoms with Crippen molar-refractivity contribution in [2.45, 2.75) is 12.8 Å². The number of nitrogens with zero attached hydrogens (tertiary/aromatic N) is 4. The molecule has 35 heavy (non-hydrogen) atoms. The van der Waals surface area contributed by atoms with E-state index in [1.54, 1.807) is 50.5 Å². The second-order valence-corrected chi connectivity index (χ2v) is 8.83. The smallest absolute Gasteiger partial charge is 0.259 e. The van der Waals surface area contributed by atoms with Crippen molar-refractivity contribution in [1.29, 1.82) is 0 Å². The van der Waals surface area contributed by atoms with Gasteiger partial charge in [-0.1, -0.05) is 23.7 Å². The van der Waals surface area contributed by atoms with Gasteiger partial charge < -0.3 is 14.8 Å². The molecule has 5 rings (SSSR count). The Morgan fingerprint density at radius 3 is 2.51 bits per heavy atom. The highest BCUT2D eigenvalue weighted by Gasteiger charge is 2.31. The molecule has 2 aromatic heterocycles. The molecule has 0 radical (unpaired) electrons. The largest absolute Gasteiger partial charge is 0.338 e. The number of carbonyl (C=O) groups is 2. The van der Waals surface area contributed by atoms with Crippen molar-refractivity contribution >= 4 is 29.1 Å². The molecule has 1 atom stereocenters.